The van der Waals surface area contributed by atoms with E-state index in [2.05, 4.69) is 15.5 Å². The molecule has 5 nitrogen and oxygen atoms in total. The Kier molecular flexibility index (Phi) is 3.83. The Balaban J connectivity index is 1.79. The number of tetrazole rings is 1. The van der Waals surface area contributed by atoms with Crippen LogP contribution in [0.15, 0.2) is 53.7 Å². The van der Waals surface area contributed by atoms with E-state index in [1.165, 1.54) is 17.8 Å². The maximum Gasteiger partial charge on any atom is 0.214 e. The van der Waals surface area contributed by atoms with Crippen LogP contribution in [0.4, 0.5) is 10.1 Å². The molecule has 0 bridgehead atoms. The molecule has 0 aliphatic heterocycles. The van der Waals surface area contributed by atoms with E-state index in [1.54, 1.807) is 16.8 Å². The fraction of sp³-hybridized carbons (Fsp3) is 0.0714. The van der Waals surface area contributed by atoms with Gasteiger partial charge in [0.15, 0.2) is 0 Å². The van der Waals surface area contributed by atoms with Gasteiger partial charge in [0, 0.05) is 11.4 Å². The smallest absolute Gasteiger partial charge is 0.214 e. The van der Waals surface area contributed by atoms with Crippen molar-refractivity contribution in [2.75, 3.05) is 5.73 Å². The summed E-state index contributed by atoms with van der Waals surface area (Å²) in [6.45, 7) is 0. The van der Waals surface area contributed by atoms with E-state index < -0.39 is 0 Å². The van der Waals surface area contributed by atoms with Crippen molar-refractivity contribution in [3.63, 3.8) is 0 Å². The van der Waals surface area contributed by atoms with Crippen LogP contribution in [0.25, 0.3) is 5.69 Å². The number of benzene rings is 2. The summed E-state index contributed by atoms with van der Waals surface area (Å²) in [5.74, 6) is 0.112. The Hall–Kier alpha value is -2.41. The summed E-state index contributed by atoms with van der Waals surface area (Å²) in [7, 11) is 0. The summed E-state index contributed by atoms with van der Waals surface area (Å²) in [6, 6.07) is 14.2. The topological polar surface area (TPSA) is 69.6 Å². The number of nitrogen functional groups attached to an aromatic ring is 1. The largest absolute Gasteiger partial charge is 0.399 e. The third-order valence-corrected chi connectivity index (χ3v) is 3.84. The molecule has 0 aliphatic rings. The maximum atomic E-state index is 13.8. The van der Waals surface area contributed by atoms with Gasteiger partial charge in [-0.05, 0) is 40.3 Å². The van der Waals surface area contributed by atoms with Crippen molar-refractivity contribution in [1.82, 2.24) is 20.2 Å². The molecule has 106 valence electrons. The van der Waals surface area contributed by atoms with Crippen molar-refractivity contribution >= 4 is 17.4 Å². The molecule has 3 rings (SSSR count). The Bertz CT molecular complexity index is 744. The fourth-order valence-electron chi connectivity index (χ4n) is 1.82. The predicted molar refractivity (Wildman–Crippen MR) is 79.5 cm³/mol. The van der Waals surface area contributed by atoms with Gasteiger partial charge in [0.05, 0.1) is 5.69 Å². The summed E-state index contributed by atoms with van der Waals surface area (Å²) >= 11 is 1.37. The van der Waals surface area contributed by atoms with Crippen LogP contribution in [0.5, 0.6) is 0 Å². The molecule has 1 aromatic heterocycles. The van der Waals surface area contributed by atoms with Crippen LogP contribution in [0.3, 0.4) is 0 Å². The zero-order chi connectivity index (χ0) is 14.7. The highest BCUT2D eigenvalue weighted by Gasteiger charge is 2.10. The lowest BCUT2D eigenvalue weighted by Gasteiger charge is -2.05. The second-order valence-electron chi connectivity index (χ2n) is 4.35. The molecule has 0 amide bonds. The zero-order valence-corrected chi connectivity index (χ0v) is 11.8. The maximum absolute atomic E-state index is 13.8. The lowest BCUT2D eigenvalue weighted by Crippen LogP contribution is -1.99. The summed E-state index contributed by atoms with van der Waals surface area (Å²) in [5.41, 5.74) is 7.38. The second-order valence-corrected chi connectivity index (χ2v) is 5.29. The third kappa shape index (κ3) is 3.03. The number of rotatable bonds is 4. The van der Waals surface area contributed by atoms with Gasteiger partial charge >= 0.3 is 0 Å². The van der Waals surface area contributed by atoms with Crippen LogP contribution in [0, 0.1) is 5.82 Å². The van der Waals surface area contributed by atoms with Gasteiger partial charge in [0.1, 0.15) is 5.82 Å². The highest BCUT2D eigenvalue weighted by atomic mass is 32.2. The molecule has 0 spiro atoms. The fourth-order valence-corrected chi connectivity index (χ4v) is 2.70. The van der Waals surface area contributed by atoms with Crippen LogP contribution in [-0.2, 0) is 5.75 Å². The predicted octanol–water partition coefficient (Wildman–Crippen LogP) is 2.68. The highest BCUT2D eigenvalue weighted by Crippen LogP contribution is 2.24. The van der Waals surface area contributed by atoms with Gasteiger partial charge in [-0.3, -0.25) is 0 Å². The van der Waals surface area contributed by atoms with E-state index in [9.17, 15) is 4.39 Å². The van der Waals surface area contributed by atoms with Crippen LogP contribution in [-0.4, -0.2) is 20.2 Å². The SMILES string of the molecule is Nc1ccc(CSc2nnnn2-c2ccccc2)c(F)c1. The van der Waals surface area contributed by atoms with Gasteiger partial charge in [0.25, 0.3) is 0 Å². The molecule has 0 saturated carbocycles. The molecule has 0 atom stereocenters. The molecular weight excluding hydrogens is 289 g/mol. The van der Waals surface area contributed by atoms with E-state index in [-0.39, 0.29) is 5.82 Å². The molecule has 21 heavy (non-hydrogen) atoms. The number of thioether (sulfide) groups is 1. The van der Waals surface area contributed by atoms with Gasteiger partial charge in [-0.2, -0.15) is 4.68 Å². The number of aromatic nitrogens is 4. The molecule has 0 radical (unpaired) electrons. The number of hydrogen-bond acceptors (Lipinski definition) is 5. The van der Waals surface area contributed by atoms with Crippen molar-refractivity contribution < 1.29 is 4.39 Å². The van der Waals surface area contributed by atoms with Crippen molar-refractivity contribution in [3.05, 3.63) is 59.9 Å². The standard InChI is InChI=1S/C14H12FN5S/c15-13-8-11(16)7-6-10(13)9-21-14-17-18-19-20(14)12-4-2-1-3-5-12/h1-8H,9,16H2. The summed E-state index contributed by atoms with van der Waals surface area (Å²) < 4.78 is 15.4. The molecular formula is C14H12FN5S. The van der Waals surface area contributed by atoms with E-state index in [4.69, 9.17) is 5.73 Å². The molecule has 2 N–H and O–H groups in total. The molecule has 0 saturated heterocycles. The lowest BCUT2D eigenvalue weighted by atomic mass is 10.2. The van der Waals surface area contributed by atoms with E-state index in [0.29, 0.717) is 22.2 Å². The first-order valence-electron chi connectivity index (χ1n) is 6.24. The minimum atomic E-state index is -0.318. The molecule has 0 unspecified atom stereocenters. The minimum Gasteiger partial charge on any atom is -0.399 e. The van der Waals surface area contributed by atoms with Crippen LogP contribution >= 0.6 is 11.8 Å². The number of halogens is 1. The van der Waals surface area contributed by atoms with Gasteiger partial charge in [-0.15, -0.1) is 5.10 Å². The van der Waals surface area contributed by atoms with Gasteiger partial charge < -0.3 is 5.73 Å². The Morgan fingerprint density at radius 2 is 1.95 bits per heavy atom. The Morgan fingerprint density at radius 3 is 2.71 bits per heavy atom. The third-order valence-electron chi connectivity index (χ3n) is 2.88. The van der Waals surface area contributed by atoms with Crippen LogP contribution in [0.2, 0.25) is 0 Å². The normalized spacial score (nSPS) is 10.7. The van der Waals surface area contributed by atoms with Crippen molar-refractivity contribution in [3.8, 4) is 5.69 Å². The van der Waals surface area contributed by atoms with E-state index >= 15 is 0 Å². The number of nitrogens with two attached hydrogens (primary N) is 1. The van der Waals surface area contributed by atoms with Crippen LogP contribution in [0.1, 0.15) is 5.56 Å². The monoisotopic (exact) mass is 301 g/mol. The van der Waals surface area contributed by atoms with Crippen molar-refractivity contribution in [1.29, 1.82) is 0 Å². The van der Waals surface area contributed by atoms with Crippen LogP contribution < -0.4 is 5.73 Å². The van der Waals surface area contributed by atoms with E-state index in [0.717, 1.165) is 5.69 Å². The quantitative estimate of drug-likeness (QED) is 0.592. The Morgan fingerprint density at radius 1 is 1.14 bits per heavy atom. The number of nitrogens with zero attached hydrogens (tertiary/aromatic N) is 4. The summed E-state index contributed by atoms with van der Waals surface area (Å²) in [4.78, 5) is 0. The first-order chi connectivity index (χ1) is 10.2. The number of para-hydroxylation sites is 1. The highest BCUT2D eigenvalue weighted by molar-refractivity contribution is 7.98. The van der Waals surface area contributed by atoms with Gasteiger partial charge in [-0.25, -0.2) is 4.39 Å². The summed E-state index contributed by atoms with van der Waals surface area (Å²) in [5, 5.41) is 12.2. The molecule has 0 aliphatic carbocycles. The minimum absolute atomic E-state index is 0.318. The first kappa shape index (κ1) is 13.6. The molecule has 7 heteroatoms. The van der Waals surface area contributed by atoms with Gasteiger partial charge in [-0.1, -0.05) is 36.0 Å². The molecule has 1 heterocycles. The summed E-state index contributed by atoms with van der Waals surface area (Å²) in [6.07, 6.45) is 0. The molecule has 2 aromatic carbocycles. The van der Waals surface area contributed by atoms with Crippen molar-refractivity contribution in [2.45, 2.75) is 10.9 Å². The average Bonchev–Trinajstić information content (AvgIpc) is 2.96. The molecule has 3 aromatic rings. The molecule has 0 fully saturated rings. The zero-order valence-electron chi connectivity index (χ0n) is 11.0. The Labute approximate surface area is 125 Å². The van der Waals surface area contributed by atoms with Gasteiger partial charge in [0.2, 0.25) is 5.16 Å². The van der Waals surface area contributed by atoms with E-state index in [1.807, 2.05) is 30.3 Å². The second kappa shape index (κ2) is 5.92. The van der Waals surface area contributed by atoms with Crippen molar-refractivity contribution in [2.24, 2.45) is 0 Å². The average molecular weight is 301 g/mol. The lowest BCUT2D eigenvalue weighted by molar-refractivity contribution is 0.618. The first-order valence-corrected chi connectivity index (χ1v) is 7.23. The number of anilines is 1. The number of hydrogen-bond donors (Lipinski definition) is 1.